The second-order valence-electron chi connectivity index (χ2n) is 5.96. The maximum atomic E-state index is 5.83. The van der Waals surface area contributed by atoms with Crippen LogP contribution < -0.4 is 11.7 Å². The summed E-state index contributed by atoms with van der Waals surface area (Å²) in [6.45, 7) is 0. The molecule has 0 spiro atoms. The number of aromatic amines is 2. The number of hydrogen-bond donors (Lipinski definition) is 4. The molecule has 2 aromatic carbocycles. The molecule has 0 aliphatic carbocycles. The standard InChI is InChI=1S/C16H16N8S4/c17-23-13(25)19-21-15(23)27-7-9-1-3-11-6-10(2-4-12(11)5-9)8-28-16-22-20-14(26)24(16)18/h1-6H,7-8,17-18H2,(H,19,25)(H,20,26). The Balaban J connectivity index is 1.46. The topological polar surface area (TPSA) is 119 Å². The minimum atomic E-state index is 0.408. The molecular formula is C16H16N8S4. The Hall–Kier alpha value is -2.28. The molecule has 0 amide bonds. The van der Waals surface area contributed by atoms with Gasteiger partial charge in [0.15, 0.2) is 0 Å². The van der Waals surface area contributed by atoms with Gasteiger partial charge in [0, 0.05) is 11.5 Å². The molecule has 0 unspecified atom stereocenters. The predicted octanol–water partition coefficient (Wildman–Crippen LogP) is 3.36. The van der Waals surface area contributed by atoms with Gasteiger partial charge in [0.2, 0.25) is 19.9 Å². The van der Waals surface area contributed by atoms with Crippen molar-refractivity contribution >= 4 is 58.7 Å². The summed E-state index contributed by atoms with van der Waals surface area (Å²) in [4.78, 5) is 0. The van der Waals surface area contributed by atoms with Crippen LogP contribution in [0.5, 0.6) is 0 Å². The van der Waals surface area contributed by atoms with Crippen molar-refractivity contribution in [2.24, 2.45) is 0 Å². The van der Waals surface area contributed by atoms with E-state index in [2.05, 4.69) is 56.8 Å². The Kier molecular flexibility index (Phi) is 5.44. The third-order valence-corrected chi connectivity index (χ3v) is 6.67. The summed E-state index contributed by atoms with van der Waals surface area (Å²) in [5.74, 6) is 13.2. The summed E-state index contributed by atoms with van der Waals surface area (Å²) >= 11 is 13.1. The number of H-pyrrole nitrogens is 2. The first-order chi connectivity index (χ1) is 13.5. The lowest BCUT2D eigenvalue weighted by Gasteiger charge is -2.06. The van der Waals surface area contributed by atoms with Gasteiger partial charge >= 0.3 is 0 Å². The maximum absolute atomic E-state index is 5.83. The zero-order valence-electron chi connectivity index (χ0n) is 14.5. The Labute approximate surface area is 178 Å². The zero-order valence-corrected chi connectivity index (χ0v) is 17.7. The second-order valence-corrected chi connectivity index (χ2v) is 8.61. The Morgan fingerprint density at radius 2 is 1.21 bits per heavy atom. The molecule has 12 heteroatoms. The van der Waals surface area contributed by atoms with Crippen LogP contribution in [0.3, 0.4) is 0 Å². The molecule has 2 heterocycles. The van der Waals surface area contributed by atoms with Gasteiger partial charge in [0.25, 0.3) is 0 Å². The first-order valence-electron chi connectivity index (χ1n) is 8.13. The van der Waals surface area contributed by atoms with Crippen molar-refractivity contribution in [2.75, 3.05) is 11.7 Å². The van der Waals surface area contributed by atoms with Crippen LogP contribution >= 0.6 is 48.0 Å². The van der Waals surface area contributed by atoms with E-state index in [1.807, 2.05) is 0 Å². The number of thioether (sulfide) groups is 2. The lowest BCUT2D eigenvalue weighted by atomic mass is 10.1. The second kappa shape index (κ2) is 7.99. The maximum Gasteiger partial charge on any atom is 0.214 e. The summed E-state index contributed by atoms with van der Waals surface area (Å²) in [5.41, 5.74) is 2.37. The fourth-order valence-corrected chi connectivity index (χ4v) is 4.62. The van der Waals surface area contributed by atoms with Crippen molar-refractivity contribution in [3.63, 3.8) is 0 Å². The summed E-state index contributed by atoms with van der Waals surface area (Å²) in [7, 11) is 0. The summed E-state index contributed by atoms with van der Waals surface area (Å²) in [6, 6.07) is 12.8. The van der Waals surface area contributed by atoms with Crippen LogP contribution in [0.1, 0.15) is 11.1 Å². The highest BCUT2D eigenvalue weighted by atomic mass is 32.2. The fourth-order valence-electron chi connectivity index (χ4n) is 2.60. The van der Waals surface area contributed by atoms with Crippen LogP contribution in [0.2, 0.25) is 0 Å². The van der Waals surface area contributed by atoms with E-state index in [0.717, 1.165) is 11.5 Å². The highest BCUT2D eigenvalue weighted by molar-refractivity contribution is 7.98. The highest BCUT2D eigenvalue weighted by Crippen LogP contribution is 2.26. The van der Waals surface area contributed by atoms with Crippen molar-refractivity contribution in [3.8, 4) is 0 Å². The number of nitrogens with one attached hydrogen (secondary N) is 2. The smallest absolute Gasteiger partial charge is 0.214 e. The van der Waals surface area contributed by atoms with Crippen molar-refractivity contribution in [1.82, 2.24) is 29.7 Å². The van der Waals surface area contributed by atoms with E-state index in [0.29, 0.717) is 19.9 Å². The number of benzene rings is 2. The van der Waals surface area contributed by atoms with Crippen molar-refractivity contribution in [3.05, 3.63) is 57.1 Å². The number of nitrogens with zero attached hydrogens (tertiary/aromatic N) is 4. The van der Waals surface area contributed by atoms with Gasteiger partial charge in [-0.25, -0.2) is 19.5 Å². The lowest BCUT2D eigenvalue weighted by Crippen LogP contribution is -2.09. The number of rotatable bonds is 6. The van der Waals surface area contributed by atoms with E-state index in [9.17, 15) is 0 Å². The van der Waals surface area contributed by atoms with Crippen LogP contribution in [0, 0.1) is 9.54 Å². The van der Waals surface area contributed by atoms with E-state index in [1.54, 1.807) is 0 Å². The molecule has 28 heavy (non-hydrogen) atoms. The van der Waals surface area contributed by atoms with Gasteiger partial charge in [-0.05, 0) is 46.3 Å². The van der Waals surface area contributed by atoms with Gasteiger partial charge in [-0.3, -0.25) is 0 Å². The number of nitrogens with two attached hydrogens (primary N) is 2. The molecule has 0 fully saturated rings. The van der Waals surface area contributed by atoms with Crippen molar-refractivity contribution < 1.29 is 0 Å². The zero-order chi connectivity index (χ0) is 19.7. The van der Waals surface area contributed by atoms with Gasteiger partial charge in [-0.1, -0.05) is 59.9 Å². The van der Waals surface area contributed by atoms with Gasteiger partial charge < -0.3 is 11.7 Å². The quantitative estimate of drug-likeness (QED) is 0.201. The van der Waals surface area contributed by atoms with Gasteiger partial charge in [0.1, 0.15) is 0 Å². The van der Waals surface area contributed by atoms with Gasteiger partial charge in [-0.2, -0.15) is 0 Å². The first-order valence-corrected chi connectivity index (χ1v) is 10.9. The SMILES string of the molecule is Nn1c(SCc2ccc3cc(CSc4n[nH]c(=S)n4N)ccc3c2)n[nH]c1=S. The van der Waals surface area contributed by atoms with Crippen molar-refractivity contribution in [1.29, 1.82) is 0 Å². The van der Waals surface area contributed by atoms with Crippen LogP contribution in [-0.2, 0) is 11.5 Å². The van der Waals surface area contributed by atoms with E-state index in [-0.39, 0.29) is 0 Å². The molecule has 0 aliphatic rings. The molecule has 0 bridgehead atoms. The Morgan fingerprint density at radius 3 is 1.57 bits per heavy atom. The third-order valence-electron chi connectivity index (χ3n) is 4.05. The number of fused-ring (bicyclic) bond motifs is 1. The summed E-state index contributed by atoms with van der Waals surface area (Å²) < 4.78 is 3.57. The molecule has 0 aliphatic heterocycles. The molecule has 144 valence electrons. The predicted molar refractivity (Wildman–Crippen MR) is 118 cm³/mol. The molecule has 0 atom stereocenters. The van der Waals surface area contributed by atoms with Gasteiger partial charge in [-0.15, -0.1) is 10.2 Å². The van der Waals surface area contributed by atoms with Crippen LogP contribution in [0.25, 0.3) is 10.8 Å². The molecule has 2 aromatic heterocycles. The fraction of sp³-hybridized carbons (Fsp3) is 0.125. The number of nitrogen functional groups attached to an aromatic ring is 2. The summed E-state index contributed by atoms with van der Waals surface area (Å²) in [6.07, 6.45) is 0. The van der Waals surface area contributed by atoms with Crippen molar-refractivity contribution in [2.45, 2.75) is 21.8 Å². The minimum absolute atomic E-state index is 0.408. The molecule has 8 nitrogen and oxygen atoms in total. The molecule has 4 rings (SSSR count). The van der Waals surface area contributed by atoms with E-state index in [4.69, 9.17) is 36.1 Å². The number of aromatic nitrogens is 6. The normalized spacial score (nSPS) is 11.3. The average molecular weight is 449 g/mol. The molecule has 4 aromatic rings. The minimum Gasteiger partial charge on any atom is -0.335 e. The van der Waals surface area contributed by atoms with E-state index in [1.165, 1.54) is 54.8 Å². The van der Waals surface area contributed by atoms with E-state index < -0.39 is 0 Å². The first kappa shape index (κ1) is 19.1. The van der Waals surface area contributed by atoms with Gasteiger partial charge in [0.05, 0.1) is 0 Å². The van der Waals surface area contributed by atoms with Crippen LogP contribution in [-0.4, -0.2) is 29.7 Å². The van der Waals surface area contributed by atoms with Crippen LogP contribution in [0.15, 0.2) is 46.7 Å². The van der Waals surface area contributed by atoms with E-state index >= 15 is 0 Å². The summed E-state index contributed by atoms with van der Waals surface area (Å²) in [5, 5.41) is 17.3. The van der Waals surface area contributed by atoms with Crippen LogP contribution in [0.4, 0.5) is 0 Å². The highest BCUT2D eigenvalue weighted by Gasteiger charge is 2.07. The average Bonchev–Trinajstić information content (AvgIpc) is 3.20. The Bertz CT molecular complexity index is 1150. The third kappa shape index (κ3) is 3.94. The largest absolute Gasteiger partial charge is 0.335 e. The lowest BCUT2D eigenvalue weighted by molar-refractivity contribution is 0.839. The molecule has 0 saturated heterocycles. The monoisotopic (exact) mass is 448 g/mol. The Morgan fingerprint density at radius 1 is 0.786 bits per heavy atom. The molecular weight excluding hydrogens is 433 g/mol. The molecule has 0 radical (unpaired) electrons. The molecule has 6 N–H and O–H groups in total. The number of hydrogen-bond acceptors (Lipinski definition) is 8. The molecule has 0 saturated carbocycles.